The van der Waals surface area contributed by atoms with Gasteiger partial charge in [-0.1, -0.05) is 44.0 Å². The van der Waals surface area contributed by atoms with E-state index in [1.807, 2.05) is 19.2 Å². The van der Waals surface area contributed by atoms with Gasteiger partial charge in [0, 0.05) is 15.0 Å². The number of nitrogens with one attached hydrogen (secondary N) is 1. The molecule has 0 heterocycles. The predicted octanol–water partition coefficient (Wildman–Crippen LogP) is 4.85. The lowest BCUT2D eigenvalue weighted by Gasteiger charge is -2.18. The van der Waals surface area contributed by atoms with Crippen LogP contribution in [0.3, 0.4) is 0 Å². The standard InChI is InChI=1S/C15H14Br2FN/c1-19-15(8-10-2-4-11(16)5-3-10)13-9-12(18)6-7-14(13)17/h2-7,9,15,19H,8H2,1H3. The highest BCUT2D eigenvalue weighted by molar-refractivity contribution is 9.10. The molecule has 1 atom stereocenters. The van der Waals surface area contributed by atoms with E-state index in [1.165, 1.54) is 11.6 Å². The molecule has 0 aromatic heterocycles. The van der Waals surface area contributed by atoms with E-state index in [2.05, 4.69) is 49.3 Å². The number of hydrogen-bond donors (Lipinski definition) is 1. The minimum absolute atomic E-state index is 0.0752. The first-order valence-electron chi connectivity index (χ1n) is 5.97. The maximum Gasteiger partial charge on any atom is 0.123 e. The zero-order valence-corrected chi connectivity index (χ0v) is 13.6. The molecule has 4 heteroatoms. The second-order valence-corrected chi connectivity index (χ2v) is 6.11. The lowest BCUT2D eigenvalue weighted by atomic mass is 9.99. The van der Waals surface area contributed by atoms with E-state index >= 15 is 0 Å². The van der Waals surface area contributed by atoms with Crippen molar-refractivity contribution in [1.29, 1.82) is 0 Å². The minimum Gasteiger partial charge on any atom is -0.313 e. The van der Waals surface area contributed by atoms with E-state index < -0.39 is 0 Å². The van der Waals surface area contributed by atoms with Crippen LogP contribution in [-0.4, -0.2) is 7.05 Å². The molecule has 0 aliphatic carbocycles. The van der Waals surface area contributed by atoms with Crippen molar-refractivity contribution in [3.63, 3.8) is 0 Å². The first-order valence-corrected chi connectivity index (χ1v) is 7.55. The molecule has 0 amide bonds. The van der Waals surface area contributed by atoms with Gasteiger partial charge in [0.25, 0.3) is 0 Å². The highest BCUT2D eigenvalue weighted by Crippen LogP contribution is 2.27. The van der Waals surface area contributed by atoms with Gasteiger partial charge in [0.15, 0.2) is 0 Å². The van der Waals surface area contributed by atoms with Gasteiger partial charge in [0.05, 0.1) is 0 Å². The van der Waals surface area contributed by atoms with E-state index in [4.69, 9.17) is 0 Å². The van der Waals surface area contributed by atoms with E-state index in [9.17, 15) is 4.39 Å². The summed E-state index contributed by atoms with van der Waals surface area (Å²) in [5.74, 6) is -0.214. The minimum atomic E-state index is -0.214. The second-order valence-electron chi connectivity index (χ2n) is 4.34. The van der Waals surface area contributed by atoms with Gasteiger partial charge >= 0.3 is 0 Å². The molecule has 2 aromatic rings. The summed E-state index contributed by atoms with van der Waals surface area (Å²) in [4.78, 5) is 0. The highest BCUT2D eigenvalue weighted by Gasteiger charge is 2.14. The fourth-order valence-corrected chi connectivity index (χ4v) is 2.79. The Morgan fingerprint density at radius 3 is 2.42 bits per heavy atom. The summed E-state index contributed by atoms with van der Waals surface area (Å²) in [6.45, 7) is 0. The molecule has 1 nitrogen and oxygen atoms in total. The van der Waals surface area contributed by atoms with E-state index in [-0.39, 0.29) is 11.9 Å². The molecule has 0 aliphatic rings. The molecule has 1 unspecified atom stereocenters. The summed E-state index contributed by atoms with van der Waals surface area (Å²) in [7, 11) is 1.89. The van der Waals surface area contributed by atoms with Gasteiger partial charge in [-0.25, -0.2) is 4.39 Å². The number of benzene rings is 2. The number of hydrogen-bond acceptors (Lipinski definition) is 1. The van der Waals surface area contributed by atoms with Gasteiger partial charge in [-0.3, -0.25) is 0 Å². The Hall–Kier alpha value is -0.710. The van der Waals surface area contributed by atoms with E-state index in [1.54, 1.807) is 12.1 Å². The quantitative estimate of drug-likeness (QED) is 0.791. The van der Waals surface area contributed by atoms with Gasteiger partial charge in [0.1, 0.15) is 5.82 Å². The lowest BCUT2D eigenvalue weighted by Crippen LogP contribution is -2.19. The second kappa shape index (κ2) is 6.64. The van der Waals surface area contributed by atoms with E-state index in [0.717, 1.165) is 20.9 Å². The molecule has 0 spiro atoms. The van der Waals surface area contributed by atoms with Crippen LogP contribution in [0, 0.1) is 5.82 Å². The van der Waals surface area contributed by atoms with Crippen molar-refractivity contribution in [1.82, 2.24) is 5.32 Å². The first kappa shape index (κ1) is 14.7. The largest absolute Gasteiger partial charge is 0.313 e. The topological polar surface area (TPSA) is 12.0 Å². The Balaban J connectivity index is 2.24. The summed E-state index contributed by atoms with van der Waals surface area (Å²) in [6, 6.07) is 13.0. The van der Waals surface area contributed by atoms with Gasteiger partial charge in [-0.05, 0) is 54.9 Å². The van der Waals surface area contributed by atoms with Gasteiger partial charge in [-0.15, -0.1) is 0 Å². The number of halogens is 3. The summed E-state index contributed by atoms with van der Waals surface area (Å²) in [6.07, 6.45) is 0.811. The Labute approximate surface area is 129 Å². The number of rotatable bonds is 4. The van der Waals surface area contributed by atoms with E-state index in [0.29, 0.717) is 0 Å². The molecule has 2 rings (SSSR count). The van der Waals surface area contributed by atoms with Crippen LogP contribution in [0.5, 0.6) is 0 Å². The van der Waals surface area contributed by atoms with Crippen LogP contribution in [-0.2, 0) is 6.42 Å². The zero-order valence-electron chi connectivity index (χ0n) is 10.5. The van der Waals surface area contributed by atoms with Crippen LogP contribution < -0.4 is 5.32 Å². The monoisotopic (exact) mass is 385 g/mol. The Morgan fingerprint density at radius 1 is 1.11 bits per heavy atom. The summed E-state index contributed by atoms with van der Waals surface area (Å²) < 4.78 is 15.4. The lowest BCUT2D eigenvalue weighted by molar-refractivity contribution is 0.575. The Morgan fingerprint density at radius 2 is 1.79 bits per heavy atom. The summed E-state index contributed by atoms with van der Waals surface area (Å²) >= 11 is 6.90. The highest BCUT2D eigenvalue weighted by atomic mass is 79.9. The van der Waals surface area contributed by atoms with Crippen LogP contribution in [0.4, 0.5) is 4.39 Å². The molecule has 0 saturated carbocycles. The third-order valence-corrected chi connectivity index (χ3v) is 4.29. The molecule has 1 N–H and O–H groups in total. The predicted molar refractivity (Wildman–Crippen MR) is 83.7 cm³/mol. The molecule has 0 bridgehead atoms. The van der Waals surface area contributed by atoms with Crippen LogP contribution >= 0.6 is 31.9 Å². The van der Waals surface area contributed by atoms with Crippen molar-refractivity contribution in [2.75, 3.05) is 7.05 Å². The number of likely N-dealkylation sites (N-methyl/N-ethyl adjacent to an activating group) is 1. The first-order chi connectivity index (χ1) is 9.10. The normalized spacial score (nSPS) is 12.4. The molecule has 2 aromatic carbocycles. The molecule has 100 valence electrons. The Bertz CT molecular complexity index is 555. The molecule has 0 saturated heterocycles. The average molecular weight is 387 g/mol. The average Bonchev–Trinajstić information content (AvgIpc) is 2.41. The zero-order chi connectivity index (χ0) is 13.8. The SMILES string of the molecule is CNC(Cc1ccc(Br)cc1)c1cc(F)ccc1Br. The third-order valence-electron chi connectivity index (χ3n) is 3.04. The van der Waals surface area contributed by atoms with Crippen LogP contribution in [0.2, 0.25) is 0 Å². The molecular formula is C15H14Br2FN. The van der Waals surface area contributed by atoms with Crippen molar-refractivity contribution < 1.29 is 4.39 Å². The van der Waals surface area contributed by atoms with Gasteiger partial charge in [-0.2, -0.15) is 0 Å². The summed E-state index contributed by atoms with van der Waals surface area (Å²) in [5.41, 5.74) is 2.14. The maximum atomic E-state index is 13.4. The smallest absolute Gasteiger partial charge is 0.123 e. The fraction of sp³-hybridized carbons (Fsp3) is 0.200. The van der Waals surface area contributed by atoms with Gasteiger partial charge < -0.3 is 5.32 Å². The van der Waals surface area contributed by atoms with Crippen molar-refractivity contribution in [3.8, 4) is 0 Å². The van der Waals surface area contributed by atoms with Crippen molar-refractivity contribution >= 4 is 31.9 Å². The molecule has 0 aliphatic heterocycles. The van der Waals surface area contributed by atoms with Crippen molar-refractivity contribution in [2.45, 2.75) is 12.5 Å². The van der Waals surface area contributed by atoms with Crippen molar-refractivity contribution in [3.05, 3.63) is 68.4 Å². The summed E-state index contributed by atoms with van der Waals surface area (Å²) in [5, 5.41) is 3.24. The fourth-order valence-electron chi connectivity index (χ4n) is 2.01. The van der Waals surface area contributed by atoms with Crippen molar-refractivity contribution in [2.24, 2.45) is 0 Å². The van der Waals surface area contributed by atoms with Crippen LogP contribution in [0.1, 0.15) is 17.2 Å². The van der Waals surface area contributed by atoms with Crippen LogP contribution in [0.15, 0.2) is 51.4 Å². The molecule has 0 radical (unpaired) electrons. The molecular weight excluding hydrogens is 373 g/mol. The maximum absolute atomic E-state index is 13.4. The van der Waals surface area contributed by atoms with Gasteiger partial charge in [0.2, 0.25) is 0 Å². The van der Waals surface area contributed by atoms with Crippen LogP contribution in [0.25, 0.3) is 0 Å². The molecule has 0 fully saturated rings. The third kappa shape index (κ3) is 3.88. The Kier molecular flexibility index (Phi) is 5.13. The molecule has 19 heavy (non-hydrogen) atoms.